The highest BCUT2D eigenvalue weighted by Gasteiger charge is 2.67. The minimum absolute atomic E-state index is 0.646. The third-order valence-corrected chi connectivity index (χ3v) is 5.32. The molecular formula is C19H24F4O5. The van der Waals surface area contributed by atoms with E-state index in [-0.39, 0.29) is 0 Å². The van der Waals surface area contributed by atoms with Crippen LogP contribution < -0.4 is 0 Å². The predicted molar refractivity (Wildman–Crippen MR) is 89.8 cm³/mol. The van der Waals surface area contributed by atoms with Gasteiger partial charge in [-0.2, -0.15) is 0 Å². The van der Waals surface area contributed by atoms with Crippen molar-refractivity contribution >= 4 is 5.97 Å². The van der Waals surface area contributed by atoms with Gasteiger partial charge >= 0.3 is 5.97 Å². The van der Waals surface area contributed by atoms with Gasteiger partial charge in [-0.1, -0.05) is 13.8 Å². The van der Waals surface area contributed by atoms with Crippen LogP contribution in [0.2, 0.25) is 0 Å². The van der Waals surface area contributed by atoms with E-state index in [0.29, 0.717) is 0 Å². The molecule has 2 rings (SSSR count). The van der Waals surface area contributed by atoms with Gasteiger partial charge in [0.1, 0.15) is 6.61 Å². The summed E-state index contributed by atoms with van der Waals surface area (Å²) in [7, 11) is 1.11. The normalized spacial score (nSPS) is 22.1. The van der Waals surface area contributed by atoms with Gasteiger partial charge in [0.15, 0.2) is 23.3 Å². The van der Waals surface area contributed by atoms with Crippen molar-refractivity contribution in [3.63, 3.8) is 0 Å². The summed E-state index contributed by atoms with van der Waals surface area (Å²) in [6.45, 7) is 4.41. The second-order valence-corrected chi connectivity index (χ2v) is 8.18. The number of carbonyl (C=O) groups excluding carboxylic acids is 1. The number of methoxy groups -OCH3 is 1. The highest BCUT2D eigenvalue weighted by Crippen LogP contribution is 2.61. The zero-order valence-corrected chi connectivity index (χ0v) is 16.3. The maximum Gasteiger partial charge on any atom is 0.310 e. The molecule has 158 valence electrons. The summed E-state index contributed by atoms with van der Waals surface area (Å²) < 4.78 is 65.5. The maximum atomic E-state index is 14.1. The van der Waals surface area contributed by atoms with Crippen LogP contribution >= 0.6 is 0 Å². The van der Waals surface area contributed by atoms with Crippen molar-refractivity contribution in [2.75, 3.05) is 7.11 Å². The Hall–Kier alpha value is -1.71. The molecule has 0 saturated heterocycles. The molecular weight excluding hydrogens is 384 g/mol. The first kappa shape index (κ1) is 22.6. The van der Waals surface area contributed by atoms with E-state index >= 15 is 0 Å². The molecule has 0 bridgehead atoms. The quantitative estimate of drug-likeness (QED) is 0.412. The molecule has 3 atom stereocenters. The molecule has 1 aliphatic carbocycles. The van der Waals surface area contributed by atoms with E-state index in [9.17, 15) is 32.6 Å². The van der Waals surface area contributed by atoms with E-state index < -0.39 is 82.5 Å². The van der Waals surface area contributed by atoms with Crippen LogP contribution in [0.5, 0.6) is 0 Å². The zero-order valence-electron chi connectivity index (χ0n) is 16.3. The second kappa shape index (κ2) is 7.61. The van der Waals surface area contributed by atoms with Crippen molar-refractivity contribution in [3.05, 3.63) is 34.4 Å². The number of rotatable bonds is 7. The lowest BCUT2D eigenvalue weighted by molar-refractivity contribution is -0.148. The molecule has 9 heteroatoms. The summed E-state index contributed by atoms with van der Waals surface area (Å²) in [5, 5.41) is 20.2. The Morgan fingerprint density at radius 2 is 1.50 bits per heavy atom. The number of hydrogen-bond donors (Lipinski definition) is 2. The van der Waals surface area contributed by atoms with E-state index in [4.69, 9.17) is 4.74 Å². The molecule has 2 N–H and O–H groups in total. The first-order chi connectivity index (χ1) is 12.8. The summed E-state index contributed by atoms with van der Waals surface area (Å²) >= 11 is 0. The minimum atomic E-state index is -1.66. The van der Waals surface area contributed by atoms with Gasteiger partial charge in [-0.05, 0) is 19.3 Å². The Morgan fingerprint density at radius 1 is 1.07 bits per heavy atom. The highest BCUT2D eigenvalue weighted by molar-refractivity contribution is 5.78. The van der Waals surface area contributed by atoms with Crippen LogP contribution in [0.4, 0.5) is 17.6 Å². The Balaban J connectivity index is 2.18. The first-order valence-corrected chi connectivity index (χ1v) is 8.66. The number of halogens is 4. The summed E-state index contributed by atoms with van der Waals surface area (Å²) in [6.07, 6.45) is -1.24. The SMILES string of the molecule is COCc1c(F)c(F)c(COC(=O)C2C(C(O)C(C)(C)O)C2(C)C)c(F)c1F. The summed E-state index contributed by atoms with van der Waals surface area (Å²) in [5.74, 6) is -8.94. The van der Waals surface area contributed by atoms with E-state index in [0.717, 1.165) is 7.11 Å². The Kier molecular flexibility index (Phi) is 6.13. The monoisotopic (exact) mass is 408 g/mol. The number of ether oxygens (including phenoxy) is 2. The third kappa shape index (κ3) is 3.88. The molecule has 28 heavy (non-hydrogen) atoms. The number of benzene rings is 1. The van der Waals surface area contributed by atoms with Crippen molar-refractivity contribution < 1.29 is 42.0 Å². The highest BCUT2D eigenvalue weighted by atomic mass is 19.2. The fraction of sp³-hybridized carbons (Fsp3) is 0.632. The smallest absolute Gasteiger partial charge is 0.310 e. The minimum Gasteiger partial charge on any atom is -0.460 e. The van der Waals surface area contributed by atoms with Crippen LogP contribution in [0.1, 0.15) is 38.8 Å². The topological polar surface area (TPSA) is 76.0 Å². The number of aliphatic hydroxyl groups excluding tert-OH is 1. The molecule has 1 fully saturated rings. The molecule has 0 aromatic heterocycles. The van der Waals surface area contributed by atoms with Gasteiger partial charge in [0.25, 0.3) is 0 Å². The Morgan fingerprint density at radius 3 is 1.89 bits per heavy atom. The van der Waals surface area contributed by atoms with Crippen molar-refractivity contribution in [1.82, 2.24) is 0 Å². The van der Waals surface area contributed by atoms with Gasteiger partial charge in [0.05, 0.1) is 35.4 Å². The van der Waals surface area contributed by atoms with Crippen molar-refractivity contribution in [1.29, 1.82) is 0 Å². The Labute approximate surface area is 160 Å². The molecule has 0 heterocycles. The summed E-state index contributed by atoms with van der Waals surface area (Å²) in [4.78, 5) is 12.3. The van der Waals surface area contributed by atoms with Crippen LogP contribution in [0.25, 0.3) is 0 Å². The third-order valence-electron chi connectivity index (χ3n) is 5.32. The fourth-order valence-corrected chi connectivity index (χ4v) is 3.51. The number of hydrogen-bond acceptors (Lipinski definition) is 5. The molecule has 0 amide bonds. The summed E-state index contributed by atoms with van der Waals surface area (Å²) in [6, 6.07) is 0. The Bertz CT molecular complexity index is 744. The molecule has 1 aliphatic rings. The molecule has 0 spiro atoms. The fourth-order valence-electron chi connectivity index (χ4n) is 3.51. The average Bonchev–Trinajstić information content (AvgIpc) is 3.17. The standard InChI is InChI=1S/C19H24F4O5/c1-18(2)10(16(24)19(3,4)26)11(18)17(25)28-7-9-14(22)12(20)8(6-27-5)13(21)15(9)23/h10-11,16,24,26H,6-7H2,1-5H3. The van der Waals surface area contributed by atoms with E-state index in [2.05, 4.69) is 4.74 Å². The van der Waals surface area contributed by atoms with Gasteiger partial charge in [0.2, 0.25) is 0 Å². The molecule has 5 nitrogen and oxygen atoms in total. The van der Waals surface area contributed by atoms with Crippen molar-refractivity contribution in [3.8, 4) is 0 Å². The van der Waals surface area contributed by atoms with Gasteiger partial charge in [-0.15, -0.1) is 0 Å². The first-order valence-electron chi connectivity index (χ1n) is 8.66. The molecule has 0 aliphatic heterocycles. The lowest BCUT2D eigenvalue weighted by Crippen LogP contribution is -2.39. The molecule has 1 aromatic rings. The van der Waals surface area contributed by atoms with Crippen LogP contribution in [0.15, 0.2) is 0 Å². The lowest BCUT2D eigenvalue weighted by Gasteiger charge is -2.25. The number of esters is 1. The van der Waals surface area contributed by atoms with Crippen LogP contribution in [-0.2, 0) is 27.5 Å². The van der Waals surface area contributed by atoms with Crippen LogP contribution in [0.3, 0.4) is 0 Å². The van der Waals surface area contributed by atoms with Gasteiger partial charge in [-0.25, -0.2) is 17.6 Å². The largest absolute Gasteiger partial charge is 0.460 e. The second-order valence-electron chi connectivity index (χ2n) is 8.18. The van der Waals surface area contributed by atoms with Crippen LogP contribution in [0, 0.1) is 40.5 Å². The van der Waals surface area contributed by atoms with Crippen LogP contribution in [-0.4, -0.2) is 35.0 Å². The average molecular weight is 408 g/mol. The van der Waals surface area contributed by atoms with E-state index in [1.807, 2.05) is 0 Å². The van der Waals surface area contributed by atoms with Gasteiger partial charge in [-0.3, -0.25) is 4.79 Å². The molecule has 0 radical (unpaired) electrons. The van der Waals surface area contributed by atoms with Gasteiger partial charge < -0.3 is 19.7 Å². The maximum absolute atomic E-state index is 14.1. The predicted octanol–water partition coefficient (Wildman–Crippen LogP) is 2.84. The number of aliphatic hydroxyl groups is 2. The molecule has 3 unspecified atom stereocenters. The van der Waals surface area contributed by atoms with Crippen molar-refractivity contribution in [2.45, 2.75) is 52.6 Å². The van der Waals surface area contributed by atoms with E-state index in [1.165, 1.54) is 13.8 Å². The molecule has 1 aromatic carbocycles. The summed E-state index contributed by atoms with van der Waals surface area (Å²) in [5.41, 5.74) is -4.16. The van der Waals surface area contributed by atoms with Crippen molar-refractivity contribution in [2.24, 2.45) is 17.3 Å². The lowest BCUT2D eigenvalue weighted by atomic mass is 9.93. The number of carbonyl (C=O) groups is 1. The molecule has 1 saturated carbocycles. The zero-order chi connectivity index (χ0) is 21.6. The van der Waals surface area contributed by atoms with Gasteiger partial charge in [0, 0.05) is 13.0 Å². The van der Waals surface area contributed by atoms with E-state index in [1.54, 1.807) is 13.8 Å².